The smallest absolute Gasteiger partial charge is 0.199 e. The van der Waals surface area contributed by atoms with Crippen molar-refractivity contribution in [1.29, 1.82) is 0 Å². The average Bonchev–Trinajstić information content (AvgIpc) is 2.04. The molecule has 1 aromatic rings. The molecule has 0 spiro atoms. The molecule has 0 N–H and O–H groups in total. The third kappa shape index (κ3) is 1.77. The molecular formula is C8H6ClFO. The Bertz CT molecular complexity index is 260. The Morgan fingerprint density at radius 3 is 2.55 bits per heavy atom. The summed E-state index contributed by atoms with van der Waals surface area (Å²) in [4.78, 5) is 10.3. The van der Waals surface area contributed by atoms with Crippen LogP contribution in [0.2, 0.25) is 0 Å². The van der Waals surface area contributed by atoms with Crippen molar-refractivity contribution in [2.24, 2.45) is 0 Å². The van der Waals surface area contributed by atoms with Crippen LogP contribution in [0.3, 0.4) is 0 Å². The van der Waals surface area contributed by atoms with E-state index in [1.165, 1.54) is 12.1 Å². The van der Waals surface area contributed by atoms with Crippen molar-refractivity contribution in [3.8, 4) is 0 Å². The standard InChI is InChI=1S/C8H6ClFO/c9-8(10)7-4-2-1-3-6(7)5-11/h1-5,8H. The molecule has 3 heteroatoms. The Hall–Kier alpha value is -0.890. The lowest BCUT2D eigenvalue weighted by Crippen LogP contribution is -1.90. The van der Waals surface area contributed by atoms with E-state index >= 15 is 0 Å². The van der Waals surface area contributed by atoms with E-state index < -0.39 is 5.63 Å². The van der Waals surface area contributed by atoms with Gasteiger partial charge in [-0.15, -0.1) is 0 Å². The maximum atomic E-state index is 12.5. The van der Waals surface area contributed by atoms with Gasteiger partial charge in [0.05, 0.1) is 0 Å². The summed E-state index contributed by atoms with van der Waals surface area (Å²) >= 11 is 5.16. The highest BCUT2D eigenvalue weighted by Gasteiger charge is 2.08. The molecule has 11 heavy (non-hydrogen) atoms. The van der Waals surface area contributed by atoms with Crippen molar-refractivity contribution in [1.82, 2.24) is 0 Å². The maximum Gasteiger partial charge on any atom is 0.199 e. The molecule has 58 valence electrons. The number of rotatable bonds is 2. The molecule has 1 atom stereocenters. The van der Waals surface area contributed by atoms with E-state index in [4.69, 9.17) is 11.6 Å². The first kappa shape index (κ1) is 8.21. The molecule has 1 nitrogen and oxygen atoms in total. The van der Waals surface area contributed by atoms with Gasteiger partial charge in [0.2, 0.25) is 0 Å². The monoisotopic (exact) mass is 172 g/mol. The van der Waals surface area contributed by atoms with Gasteiger partial charge < -0.3 is 0 Å². The number of carbonyl (C=O) groups excluding carboxylic acids is 1. The van der Waals surface area contributed by atoms with E-state index in [1.807, 2.05) is 0 Å². The minimum atomic E-state index is -1.60. The van der Waals surface area contributed by atoms with Crippen LogP contribution in [0, 0.1) is 0 Å². The van der Waals surface area contributed by atoms with Crippen LogP contribution in [0.5, 0.6) is 0 Å². The fourth-order valence-corrected chi connectivity index (χ4v) is 1.02. The summed E-state index contributed by atoms with van der Waals surface area (Å²) in [5, 5.41) is 0. The molecule has 0 amide bonds. The molecule has 0 heterocycles. The van der Waals surface area contributed by atoms with Crippen LogP contribution in [0.4, 0.5) is 4.39 Å². The molecule has 1 rings (SSSR count). The summed E-state index contributed by atoms with van der Waals surface area (Å²) in [6, 6.07) is 6.31. The van der Waals surface area contributed by atoms with Gasteiger partial charge in [-0.1, -0.05) is 35.9 Å². The van der Waals surface area contributed by atoms with Crippen molar-refractivity contribution >= 4 is 17.9 Å². The molecule has 0 aromatic heterocycles. The molecule has 0 aliphatic heterocycles. The highest BCUT2D eigenvalue weighted by Crippen LogP contribution is 2.23. The summed E-state index contributed by atoms with van der Waals surface area (Å²) in [6.07, 6.45) is 0.588. The number of halogens is 2. The van der Waals surface area contributed by atoms with Gasteiger partial charge >= 0.3 is 0 Å². The Kier molecular flexibility index (Phi) is 2.60. The van der Waals surface area contributed by atoms with E-state index in [1.54, 1.807) is 12.1 Å². The maximum absolute atomic E-state index is 12.5. The normalized spacial score (nSPS) is 12.5. The van der Waals surface area contributed by atoms with Gasteiger partial charge in [-0.05, 0) is 0 Å². The average molecular weight is 173 g/mol. The lowest BCUT2D eigenvalue weighted by Gasteiger charge is -2.01. The zero-order valence-corrected chi connectivity index (χ0v) is 6.38. The Morgan fingerprint density at radius 1 is 1.45 bits per heavy atom. The summed E-state index contributed by atoms with van der Waals surface area (Å²) in [6.45, 7) is 0. The highest BCUT2D eigenvalue weighted by atomic mass is 35.5. The molecule has 1 unspecified atom stereocenters. The molecular weight excluding hydrogens is 167 g/mol. The second-order valence-electron chi connectivity index (χ2n) is 2.05. The first-order chi connectivity index (χ1) is 5.25. The lowest BCUT2D eigenvalue weighted by molar-refractivity contribution is 0.112. The van der Waals surface area contributed by atoms with Gasteiger partial charge in [-0.25, -0.2) is 4.39 Å². The Morgan fingerprint density at radius 2 is 2.09 bits per heavy atom. The van der Waals surface area contributed by atoms with Crippen molar-refractivity contribution in [2.45, 2.75) is 5.63 Å². The van der Waals surface area contributed by atoms with Gasteiger partial charge in [0.25, 0.3) is 0 Å². The van der Waals surface area contributed by atoms with Crippen LogP contribution in [0.15, 0.2) is 24.3 Å². The summed E-state index contributed by atoms with van der Waals surface area (Å²) in [7, 11) is 0. The van der Waals surface area contributed by atoms with Crippen molar-refractivity contribution in [3.05, 3.63) is 35.4 Å². The van der Waals surface area contributed by atoms with E-state index in [0.717, 1.165) is 0 Å². The molecule has 0 fully saturated rings. The van der Waals surface area contributed by atoms with Crippen LogP contribution >= 0.6 is 11.6 Å². The predicted molar refractivity (Wildman–Crippen MR) is 41.5 cm³/mol. The minimum absolute atomic E-state index is 0.226. The summed E-state index contributed by atoms with van der Waals surface area (Å²) < 4.78 is 12.5. The Labute approximate surface area is 68.8 Å². The quantitative estimate of drug-likeness (QED) is 0.495. The number of alkyl halides is 2. The van der Waals surface area contributed by atoms with Crippen LogP contribution < -0.4 is 0 Å². The zero-order chi connectivity index (χ0) is 8.27. The van der Waals surface area contributed by atoms with E-state index in [-0.39, 0.29) is 5.56 Å². The third-order valence-corrected chi connectivity index (χ3v) is 1.59. The van der Waals surface area contributed by atoms with E-state index in [0.29, 0.717) is 11.8 Å². The van der Waals surface area contributed by atoms with Gasteiger partial charge in [0.1, 0.15) is 6.29 Å². The molecule has 0 saturated heterocycles. The van der Waals surface area contributed by atoms with Gasteiger partial charge in [0, 0.05) is 11.1 Å². The number of aldehydes is 1. The van der Waals surface area contributed by atoms with E-state index in [2.05, 4.69) is 0 Å². The molecule has 0 aliphatic carbocycles. The third-order valence-electron chi connectivity index (χ3n) is 1.36. The molecule has 0 aliphatic rings. The lowest BCUT2D eigenvalue weighted by atomic mass is 10.1. The molecule has 0 radical (unpaired) electrons. The number of carbonyl (C=O) groups is 1. The number of hydrogen-bond acceptors (Lipinski definition) is 1. The molecule has 1 aromatic carbocycles. The first-order valence-corrected chi connectivity index (χ1v) is 3.51. The molecule has 0 bridgehead atoms. The van der Waals surface area contributed by atoms with Crippen LogP contribution in [0.1, 0.15) is 21.6 Å². The van der Waals surface area contributed by atoms with Gasteiger partial charge in [0.15, 0.2) is 5.63 Å². The fourth-order valence-electron chi connectivity index (χ4n) is 0.817. The second-order valence-corrected chi connectivity index (χ2v) is 2.43. The van der Waals surface area contributed by atoms with Gasteiger partial charge in [-0.2, -0.15) is 0 Å². The topological polar surface area (TPSA) is 17.1 Å². The predicted octanol–water partition coefficient (Wildman–Crippen LogP) is 2.71. The Balaban J connectivity index is 3.12. The second kappa shape index (κ2) is 3.49. The zero-order valence-electron chi connectivity index (χ0n) is 5.63. The fraction of sp³-hybridized carbons (Fsp3) is 0.125. The van der Waals surface area contributed by atoms with Crippen LogP contribution in [-0.4, -0.2) is 6.29 Å². The van der Waals surface area contributed by atoms with Crippen LogP contribution in [-0.2, 0) is 0 Å². The van der Waals surface area contributed by atoms with Crippen molar-refractivity contribution < 1.29 is 9.18 Å². The minimum Gasteiger partial charge on any atom is -0.298 e. The summed E-state index contributed by atoms with van der Waals surface area (Å²) in [5.41, 5.74) is -1.07. The molecule has 0 saturated carbocycles. The summed E-state index contributed by atoms with van der Waals surface area (Å²) in [5.74, 6) is 0. The van der Waals surface area contributed by atoms with Crippen molar-refractivity contribution in [3.63, 3.8) is 0 Å². The SMILES string of the molecule is O=Cc1ccccc1C(F)Cl. The van der Waals surface area contributed by atoms with Gasteiger partial charge in [-0.3, -0.25) is 4.79 Å². The largest absolute Gasteiger partial charge is 0.298 e. The van der Waals surface area contributed by atoms with Crippen molar-refractivity contribution in [2.75, 3.05) is 0 Å². The van der Waals surface area contributed by atoms with Crippen LogP contribution in [0.25, 0.3) is 0 Å². The number of benzene rings is 1. The first-order valence-electron chi connectivity index (χ1n) is 3.08. The number of hydrogen-bond donors (Lipinski definition) is 0. The van der Waals surface area contributed by atoms with E-state index in [9.17, 15) is 9.18 Å². The highest BCUT2D eigenvalue weighted by molar-refractivity contribution is 6.20.